The lowest BCUT2D eigenvalue weighted by Crippen LogP contribution is -2.02. The molecule has 0 atom stereocenters. The lowest BCUT2D eigenvalue weighted by molar-refractivity contribution is 0.650. The highest BCUT2D eigenvalue weighted by Gasteiger charge is 2.05. The van der Waals surface area contributed by atoms with Gasteiger partial charge in [-0.1, -0.05) is 0 Å². The van der Waals surface area contributed by atoms with Gasteiger partial charge in [0.25, 0.3) is 0 Å². The molecule has 0 fully saturated rings. The second-order valence-electron chi connectivity index (χ2n) is 4.37. The first-order chi connectivity index (χ1) is 9.20. The molecule has 3 aromatic rings. The Morgan fingerprint density at radius 3 is 2.58 bits per heavy atom. The van der Waals surface area contributed by atoms with Crippen LogP contribution >= 0.6 is 0 Å². The molecule has 3 rings (SSSR count). The fraction of sp³-hybridized carbons (Fsp3) is 0.154. The van der Waals surface area contributed by atoms with Crippen LogP contribution in [0.4, 0.5) is 5.69 Å². The van der Waals surface area contributed by atoms with Gasteiger partial charge in [-0.25, -0.2) is 9.67 Å². The van der Waals surface area contributed by atoms with Crippen LogP contribution in [0.25, 0.3) is 11.4 Å². The number of anilines is 1. The lowest BCUT2D eigenvalue weighted by Gasteiger charge is -1.97. The summed E-state index contributed by atoms with van der Waals surface area (Å²) in [7, 11) is 1.89. The standard InChI is InChI=1S/C13H14N6/c1-18-7-6-12(16-18)8-19-9-15-13(17-19)10-2-4-11(14)5-3-10/h2-7,9H,8,14H2,1H3. The van der Waals surface area contributed by atoms with Gasteiger partial charge in [0.15, 0.2) is 5.82 Å². The predicted octanol–water partition coefficient (Wildman–Crippen LogP) is 1.31. The van der Waals surface area contributed by atoms with E-state index in [0.29, 0.717) is 12.4 Å². The van der Waals surface area contributed by atoms with Crippen LogP contribution in [0.5, 0.6) is 0 Å². The van der Waals surface area contributed by atoms with Crippen molar-refractivity contribution in [3.05, 3.63) is 48.5 Å². The van der Waals surface area contributed by atoms with Crippen molar-refractivity contribution in [1.29, 1.82) is 0 Å². The summed E-state index contributed by atoms with van der Waals surface area (Å²) in [5, 5.41) is 8.74. The van der Waals surface area contributed by atoms with Gasteiger partial charge < -0.3 is 5.73 Å². The molecular weight excluding hydrogens is 240 g/mol. The van der Waals surface area contributed by atoms with E-state index >= 15 is 0 Å². The van der Waals surface area contributed by atoms with Gasteiger partial charge >= 0.3 is 0 Å². The number of nitrogen functional groups attached to an aromatic ring is 1. The molecule has 0 saturated heterocycles. The maximum Gasteiger partial charge on any atom is 0.181 e. The minimum atomic E-state index is 0.614. The van der Waals surface area contributed by atoms with Crippen molar-refractivity contribution >= 4 is 5.69 Å². The molecule has 0 unspecified atom stereocenters. The number of rotatable bonds is 3. The highest BCUT2D eigenvalue weighted by atomic mass is 15.3. The van der Waals surface area contributed by atoms with E-state index in [0.717, 1.165) is 16.9 Å². The first-order valence-electron chi connectivity index (χ1n) is 5.94. The van der Waals surface area contributed by atoms with Crippen molar-refractivity contribution in [3.8, 4) is 11.4 Å². The molecule has 1 aromatic carbocycles. The maximum atomic E-state index is 5.66. The molecule has 96 valence electrons. The summed E-state index contributed by atoms with van der Waals surface area (Å²) < 4.78 is 3.54. The molecule has 6 nitrogen and oxygen atoms in total. The first-order valence-corrected chi connectivity index (χ1v) is 5.94. The largest absolute Gasteiger partial charge is 0.399 e. The SMILES string of the molecule is Cn1ccc(Cn2cnc(-c3ccc(N)cc3)n2)n1. The van der Waals surface area contributed by atoms with Crippen molar-refractivity contribution in [2.45, 2.75) is 6.54 Å². The third-order valence-electron chi connectivity index (χ3n) is 2.80. The van der Waals surface area contributed by atoms with Crippen LogP contribution in [-0.2, 0) is 13.6 Å². The normalized spacial score (nSPS) is 10.8. The van der Waals surface area contributed by atoms with E-state index in [2.05, 4.69) is 15.2 Å². The van der Waals surface area contributed by atoms with Crippen LogP contribution in [-0.4, -0.2) is 24.5 Å². The van der Waals surface area contributed by atoms with Gasteiger partial charge in [0.05, 0.1) is 12.2 Å². The van der Waals surface area contributed by atoms with Crippen molar-refractivity contribution in [1.82, 2.24) is 24.5 Å². The van der Waals surface area contributed by atoms with E-state index in [9.17, 15) is 0 Å². The molecule has 0 aliphatic heterocycles. The number of aryl methyl sites for hydroxylation is 1. The van der Waals surface area contributed by atoms with Gasteiger partial charge in [-0.15, -0.1) is 0 Å². The van der Waals surface area contributed by atoms with Crippen LogP contribution < -0.4 is 5.73 Å². The fourth-order valence-electron chi connectivity index (χ4n) is 1.85. The zero-order valence-corrected chi connectivity index (χ0v) is 10.6. The van der Waals surface area contributed by atoms with Crippen molar-refractivity contribution in [2.24, 2.45) is 7.05 Å². The van der Waals surface area contributed by atoms with E-state index in [1.165, 1.54) is 0 Å². The molecular formula is C13H14N6. The minimum absolute atomic E-state index is 0.614. The Morgan fingerprint density at radius 1 is 1.11 bits per heavy atom. The number of hydrogen-bond donors (Lipinski definition) is 1. The van der Waals surface area contributed by atoms with Crippen LogP contribution in [0.3, 0.4) is 0 Å². The molecule has 0 amide bonds. The summed E-state index contributed by atoms with van der Waals surface area (Å²) in [4.78, 5) is 4.30. The van der Waals surface area contributed by atoms with E-state index in [-0.39, 0.29) is 0 Å². The van der Waals surface area contributed by atoms with Crippen molar-refractivity contribution < 1.29 is 0 Å². The Hall–Kier alpha value is -2.63. The summed E-state index contributed by atoms with van der Waals surface area (Å²) in [6, 6.07) is 9.47. The molecule has 19 heavy (non-hydrogen) atoms. The Labute approximate surface area is 110 Å². The zero-order chi connectivity index (χ0) is 13.2. The van der Waals surface area contributed by atoms with Gasteiger partial charge in [-0.05, 0) is 30.3 Å². The van der Waals surface area contributed by atoms with Gasteiger partial charge in [0.1, 0.15) is 6.33 Å². The van der Waals surface area contributed by atoms with Crippen LogP contribution in [0.2, 0.25) is 0 Å². The highest BCUT2D eigenvalue weighted by Crippen LogP contribution is 2.16. The Kier molecular flexibility index (Phi) is 2.75. The van der Waals surface area contributed by atoms with Crippen LogP contribution in [0.1, 0.15) is 5.69 Å². The summed E-state index contributed by atoms with van der Waals surface area (Å²) in [6.07, 6.45) is 3.62. The van der Waals surface area contributed by atoms with E-state index in [1.54, 1.807) is 15.7 Å². The molecule has 2 aromatic heterocycles. The molecule has 2 N–H and O–H groups in total. The molecule has 0 aliphatic rings. The number of aromatic nitrogens is 5. The fourth-order valence-corrected chi connectivity index (χ4v) is 1.85. The molecule has 6 heteroatoms. The third kappa shape index (κ3) is 2.47. The maximum absolute atomic E-state index is 5.66. The highest BCUT2D eigenvalue weighted by molar-refractivity contribution is 5.57. The van der Waals surface area contributed by atoms with Crippen molar-refractivity contribution in [3.63, 3.8) is 0 Å². The Bertz CT molecular complexity index is 679. The van der Waals surface area contributed by atoms with E-state index in [1.807, 2.05) is 43.6 Å². The second-order valence-corrected chi connectivity index (χ2v) is 4.37. The average Bonchev–Trinajstić information content (AvgIpc) is 3.00. The summed E-state index contributed by atoms with van der Waals surface area (Å²) in [5.74, 6) is 0.691. The Balaban J connectivity index is 1.81. The molecule has 0 spiro atoms. The zero-order valence-electron chi connectivity index (χ0n) is 10.6. The number of benzene rings is 1. The summed E-state index contributed by atoms with van der Waals surface area (Å²) in [5.41, 5.74) is 8.30. The smallest absolute Gasteiger partial charge is 0.181 e. The quantitative estimate of drug-likeness (QED) is 0.715. The molecule has 0 aliphatic carbocycles. The monoisotopic (exact) mass is 254 g/mol. The summed E-state index contributed by atoms with van der Waals surface area (Å²) >= 11 is 0. The summed E-state index contributed by atoms with van der Waals surface area (Å²) in [6.45, 7) is 0.614. The number of nitrogens with two attached hydrogens (primary N) is 1. The van der Waals surface area contributed by atoms with Crippen LogP contribution in [0, 0.1) is 0 Å². The molecule has 0 bridgehead atoms. The molecule has 0 saturated carbocycles. The topological polar surface area (TPSA) is 74.5 Å². The van der Waals surface area contributed by atoms with Gasteiger partial charge in [0, 0.05) is 24.5 Å². The third-order valence-corrected chi connectivity index (χ3v) is 2.80. The van der Waals surface area contributed by atoms with Crippen molar-refractivity contribution in [2.75, 3.05) is 5.73 Å². The average molecular weight is 254 g/mol. The van der Waals surface area contributed by atoms with Gasteiger partial charge in [0.2, 0.25) is 0 Å². The number of nitrogens with zero attached hydrogens (tertiary/aromatic N) is 5. The second kappa shape index (κ2) is 4.56. The first kappa shape index (κ1) is 11.5. The van der Waals surface area contributed by atoms with Gasteiger partial charge in [-0.3, -0.25) is 4.68 Å². The van der Waals surface area contributed by atoms with Crippen LogP contribution in [0.15, 0.2) is 42.9 Å². The molecule has 2 heterocycles. The predicted molar refractivity (Wildman–Crippen MR) is 72.2 cm³/mol. The van der Waals surface area contributed by atoms with E-state index in [4.69, 9.17) is 5.73 Å². The Morgan fingerprint density at radius 2 is 1.89 bits per heavy atom. The number of hydrogen-bond acceptors (Lipinski definition) is 4. The van der Waals surface area contributed by atoms with Gasteiger partial charge in [-0.2, -0.15) is 10.2 Å². The van der Waals surface area contributed by atoms with E-state index < -0.39 is 0 Å². The minimum Gasteiger partial charge on any atom is -0.399 e. The molecule has 0 radical (unpaired) electrons. The lowest BCUT2D eigenvalue weighted by atomic mass is 10.2.